The van der Waals surface area contributed by atoms with Gasteiger partial charge in [0.1, 0.15) is 17.1 Å². The van der Waals surface area contributed by atoms with E-state index in [1.54, 1.807) is 24.3 Å². The van der Waals surface area contributed by atoms with Crippen molar-refractivity contribution in [1.29, 1.82) is 0 Å². The van der Waals surface area contributed by atoms with Gasteiger partial charge in [0, 0.05) is 34.2 Å². The first-order valence-corrected chi connectivity index (χ1v) is 10.2. The molecule has 2 aromatic carbocycles. The lowest BCUT2D eigenvalue weighted by Gasteiger charge is -2.17. The smallest absolute Gasteiger partial charge is 0.336 e. The molecule has 1 aliphatic heterocycles. The van der Waals surface area contributed by atoms with Gasteiger partial charge < -0.3 is 14.6 Å². The minimum Gasteiger partial charge on any atom is -0.508 e. The summed E-state index contributed by atoms with van der Waals surface area (Å²) in [5, 5.41) is 20.2. The molecular weight excluding hydrogens is 469 g/mol. The van der Waals surface area contributed by atoms with Gasteiger partial charge in [-0.1, -0.05) is 12.1 Å². The number of fused-ring (bicyclic) bond motifs is 2. The molecule has 0 radical (unpaired) electrons. The summed E-state index contributed by atoms with van der Waals surface area (Å²) in [5.74, 6) is -0.855. The fourth-order valence-electron chi connectivity index (χ4n) is 3.68. The third kappa shape index (κ3) is 3.75. The number of carboxylic acids is 1. The van der Waals surface area contributed by atoms with E-state index in [1.165, 1.54) is 30.3 Å². The molecule has 0 bridgehead atoms. The van der Waals surface area contributed by atoms with Crippen LogP contribution in [-0.2, 0) is 0 Å². The van der Waals surface area contributed by atoms with Crippen LogP contribution < -0.4 is 5.43 Å². The van der Waals surface area contributed by atoms with E-state index in [2.05, 4.69) is 15.0 Å². The van der Waals surface area contributed by atoms with Crippen molar-refractivity contribution in [2.75, 3.05) is 0 Å². The second-order valence-corrected chi connectivity index (χ2v) is 7.75. The normalized spacial score (nSPS) is 11.2. The van der Waals surface area contributed by atoms with E-state index in [-0.39, 0.29) is 38.9 Å². The third-order valence-corrected chi connectivity index (χ3v) is 5.37. The average molecular weight is 480 g/mol. The van der Waals surface area contributed by atoms with E-state index >= 15 is 0 Å². The van der Waals surface area contributed by atoms with Gasteiger partial charge in [0.05, 0.1) is 5.56 Å². The zero-order valence-electron chi connectivity index (χ0n) is 16.4. The van der Waals surface area contributed by atoms with E-state index in [9.17, 15) is 19.8 Å². The topological polar surface area (TPSA) is 126 Å². The molecule has 0 spiro atoms. The van der Waals surface area contributed by atoms with E-state index < -0.39 is 5.97 Å². The number of benzene rings is 3. The molecule has 0 saturated heterocycles. The molecule has 10 heteroatoms. The third-order valence-electron chi connectivity index (χ3n) is 5.04. The first-order chi connectivity index (χ1) is 15.8. The minimum absolute atomic E-state index is 0.0350. The maximum atomic E-state index is 12.3. The summed E-state index contributed by atoms with van der Waals surface area (Å²) in [4.78, 5) is 35.9. The maximum Gasteiger partial charge on any atom is 0.336 e. The predicted octanol–water partition coefficient (Wildman–Crippen LogP) is 5.13. The number of aromatic nitrogens is 3. The molecule has 0 fully saturated rings. The molecule has 0 atom stereocenters. The number of rotatable bonds is 3. The predicted molar refractivity (Wildman–Crippen MR) is 122 cm³/mol. The molecule has 1 aliphatic carbocycles. The number of phenolic OH excluding ortho intramolecular Hbond substituents is 1. The summed E-state index contributed by atoms with van der Waals surface area (Å²) < 4.78 is 5.83. The van der Waals surface area contributed by atoms with Crippen LogP contribution in [0.1, 0.15) is 10.4 Å². The zero-order valence-corrected chi connectivity index (χ0v) is 17.9. The van der Waals surface area contributed by atoms with Gasteiger partial charge >= 0.3 is 5.97 Å². The Kier molecular flexibility index (Phi) is 4.96. The Balaban J connectivity index is 1.84. The lowest BCUT2D eigenvalue weighted by Crippen LogP contribution is -2.04. The lowest BCUT2D eigenvalue weighted by molar-refractivity contribution is 0.0698. The van der Waals surface area contributed by atoms with Crippen LogP contribution in [0, 0.1) is 0 Å². The molecule has 33 heavy (non-hydrogen) atoms. The molecule has 2 heterocycles. The quantitative estimate of drug-likeness (QED) is 0.341. The van der Waals surface area contributed by atoms with Crippen molar-refractivity contribution >= 4 is 40.1 Å². The lowest BCUT2D eigenvalue weighted by atomic mass is 9.90. The molecule has 5 rings (SSSR count). The first kappa shape index (κ1) is 20.9. The Morgan fingerprint density at radius 3 is 2.33 bits per heavy atom. The Morgan fingerprint density at radius 1 is 0.879 bits per heavy atom. The van der Waals surface area contributed by atoms with Crippen LogP contribution in [-0.4, -0.2) is 31.1 Å². The van der Waals surface area contributed by atoms with Crippen molar-refractivity contribution in [2.24, 2.45) is 0 Å². The van der Waals surface area contributed by atoms with E-state index in [4.69, 9.17) is 27.6 Å². The number of hydrogen-bond acceptors (Lipinski definition) is 7. The number of carbonyl (C=O) groups is 1. The largest absolute Gasteiger partial charge is 0.508 e. The van der Waals surface area contributed by atoms with Crippen LogP contribution in [0.4, 0.5) is 0 Å². The maximum absolute atomic E-state index is 12.3. The highest BCUT2D eigenvalue weighted by Crippen LogP contribution is 2.42. The minimum atomic E-state index is -1.19. The summed E-state index contributed by atoms with van der Waals surface area (Å²) in [7, 11) is 0. The number of carboxylic acid groups (broad SMARTS) is 1. The van der Waals surface area contributed by atoms with Crippen molar-refractivity contribution in [3.05, 3.63) is 81.0 Å². The highest BCUT2D eigenvalue weighted by atomic mass is 35.5. The van der Waals surface area contributed by atoms with Crippen molar-refractivity contribution in [1.82, 2.24) is 15.0 Å². The van der Waals surface area contributed by atoms with Gasteiger partial charge in [0.25, 0.3) is 0 Å². The van der Waals surface area contributed by atoms with Gasteiger partial charge in [0.15, 0.2) is 11.3 Å². The Bertz CT molecular complexity index is 1600. The van der Waals surface area contributed by atoms with Crippen LogP contribution in [0.5, 0.6) is 5.75 Å². The number of nitrogens with zero attached hydrogens (tertiary/aromatic N) is 3. The van der Waals surface area contributed by atoms with Crippen LogP contribution in [0.15, 0.2) is 63.8 Å². The van der Waals surface area contributed by atoms with E-state index in [0.29, 0.717) is 33.2 Å². The Hall–Kier alpha value is -4.01. The van der Waals surface area contributed by atoms with E-state index in [1.807, 2.05) is 0 Å². The van der Waals surface area contributed by atoms with E-state index in [0.717, 1.165) is 0 Å². The summed E-state index contributed by atoms with van der Waals surface area (Å²) in [6.07, 6.45) is 0. The summed E-state index contributed by atoms with van der Waals surface area (Å²) in [6, 6.07) is 13.4. The molecule has 0 amide bonds. The molecule has 0 saturated carbocycles. The first-order valence-electron chi connectivity index (χ1n) is 9.45. The number of aromatic hydroxyl groups is 1. The fraction of sp³-hybridized carbons (Fsp3) is 0. The number of halogens is 2. The van der Waals surface area contributed by atoms with Gasteiger partial charge in [-0.3, -0.25) is 4.79 Å². The van der Waals surface area contributed by atoms with Gasteiger partial charge in [-0.25, -0.2) is 4.79 Å². The fourth-order valence-corrected chi connectivity index (χ4v) is 4.05. The molecule has 2 aliphatic rings. The highest BCUT2D eigenvalue weighted by molar-refractivity contribution is 6.31. The molecule has 3 aromatic rings. The number of phenols is 1. The SMILES string of the molecule is O=C(O)c1cc(-c2nc(Cl)nc(Cl)n2)ccc1-c1c2ccc(=O)cc-2oc2cc(O)ccc12. The van der Waals surface area contributed by atoms with Gasteiger partial charge in [0.2, 0.25) is 10.6 Å². The molecule has 2 N–H and O–H groups in total. The van der Waals surface area contributed by atoms with Crippen molar-refractivity contribution in [3.8, 4) is 39.6 Å². The molecule has 1 aromatic heterocycles. The van der Waals surface area contributed by atoms with Crippen molar-refractivity contribution in [3.63, 3.8) is 0 Å². The number of aromatic carboxylic acids is 1. The molecule has 8 nitrogen and oxygen atoms in total. The van der Waals surface area contributed by atoms with Gasteiger partial charge in [-0.2, -0.15) is 15.0 Å². The second-order valence-electron chi connectivity index (χ2n) is 7.08. The summed E-state index contributed by atoms with van der Waals surface area (Å²) in [6.45, 7) is 0. The standard InChI is InChI=1S/C23H11Cl2N3O5/c24-22-26-20(27-23(25)28-22)10-1-4-13(16(7-10)21(31)32)19-14-5-2-11(29)8-17(14)33-18-9-12(30)3-6-15(18)19/h1-9,29H,(H,31,32). The summed E-state index contributed by atoms with van der Waals surface area (Å²) >= 11 is 11.7. The van der Waals surface area contributed by atoms with Crippen molar-refractivity contribution in [2.45, 2.75) is 0 Å². The molecular formula is C23H11Cl2N3O5. The van der Waals surface area contributed by atoms with Crippen LogP contribution >= 0.6 is 23.2 Å². The van der Waals surface area contributed by atoms with Crippen LogP contribution in [0.25, 0.3) is 44.8 Å². The molecule has 0 unspecified atom stereocenters. The molecule has 162 valence electrons. The van der Waals surface area contributed by atoms with Crippen LogP contribution in [0.3, 0.4) is 0 Å². The average Bonchev–Trinajstić information content (AvgIpc) is 2.76. The monoisotopic (exact) mass is 479 g/mol. The van der Waals surface area contributed by atoms with Crippen molar-refractivity contribution < 1.29 is 19.4 Å². The van der Waals surface area contributed by atoms with Gasteiger partial charge in [-0.15, -0.1) is 0 Å². The Labute approximate surface area is 195 Å². The highest BCUT2D eigenvalue weighted by Gasteiger charge is 2.23. The second kappa shape index (κ2) is 7.84. The number of hydrogen-bond donors (Lipinski definition) is 2. The van der Waals surface area contributed by atoms with Gasteiger partial charge in [-0.05, 0) is 59.1 Å². The Morgan fingerprint density at radius 2 is 1.61 bits per heavy atom. The zero-order chi connectivity index (χ0) is 23.3. The van der Waals surface area contributed by atoms with Crippen LogP contribution in [0.2, 0.25) is 10.6 Å². The summed E-state index contributed by atoms with van der Waals surface area (Å²) in [5.41, 5.74) is 1.78.